The molecule has 7 rings (SSSR count). The molecule has 222 valence electrons. The van der Waals surface area contributed by atoms with Crippen LogP contribution in [0.15, 0.2) is 93.8 Å². The smallest absolute Gasteiger partial charge is 0.264 e. The molecule has 0 N–H and O–H groups in total. The predicted molar refractivity (Wildman–Crippen MR) is 158 cm³/mol. The van der Waals surface area contributed by atoms with Crippen LogP contribution in [0.5, 0.6) is 0 Å². The Labute approximate surface area is 252 Å². The van der Waals surface area contributed by atoms with Crippen LogP contribution in [0.4, 0.5) is 14.5 Å². The molecule has 0 unspecified atom stereocenters. The van der Waals surface area contributed by atoms with Crippen molar-refractivity contribution in [2.24, 2.45) is 21.4 Å². The quantitative estimate of drug-likeness (QED) is 0.370. The zero-order valence-corrected chi connectivity index (χ0v) is 23.8. The number of halogens is 2. The molecule has 9 nitrogen and oxygen atoms in total. The Kier molecular flexibility index (Phi) is 6.87. The molecule has 4 aliphatic rings. The van der Waals surface area contributed by atoms with Gasteiger partial charge in [0.2, 0.25) is 0 Å². The van der Waals surface area contributed by atoms with Crippen LogP contribution >= 0.6 is 0 Å². The molecule has 3 heterocycles. The first kappa shape index (κ1) is 27.8. The van der Waals surface area contributed by atoms with E-state index >= 15 is 0 Å². The maximum absolute atomic E-state index is 14.0. The summed E-state index contributed by atoms with van der Waals surface area (Å²) >= 11 is 0. The van der Waals surface area contributed by atoms with Gasteiger partial charge in [-0.1, -0.05) is 47.2 Å². The third kappa shape index (κ3) is 4.78. The van der Waals surface area contributed by atoms with Crippen LogP contribution in [0.25, 0.3) is 6.08 Å². The van der Waals surface area contributed by atoms with E-state index in [0.717, 1.165) is 52.1 Å². The number of hydrazone groups is 1. The van der Waals surface area contributed by atoms with Crippen LogP contribution in [-0.2, 0) is 14.4 Å². The SMILES string of the molecule is Cc1ccc(N2C(=O)[C@@H]3[C@@H](N=NN3CC(=O)N3N=C4/C(=C\c5ccc(F)cc5)CCC[C@@H]4[C@H]3c3ccc(F)cc3)C2=O)cc1. The molecule has 1 saturated heterocycles. The minimum Gasteiger partial charge on any atom is -0.271 e. The Morgan fingerprint density at radius 1 is 0.909 bits per heavy atom. The highest BCUT2D eigenvalue weighted by Gasteiger charge is 2.55. The second-order valence-corrected chi connectivity index (χ2v) is 11.5. The van der Waals surface area contributed by atoms with E-state index in [4.69, 9.17) is 5.10 Å². The summed E-state index contributed by atoms with van der Waals surface area (Å²) in [5.41, 5.74) is 4.67. The Morgan fingerprint density at radius 2 is 1.59 bits per heavy atom. The van der Waals surface area contributed by atoms with Gasteiger partial charge in [0.15, 0.2) is 12.1 Å². The molecular weight excluding hydrogens is 566 g/mol. The third-order valence-corrected chi connectivity index (χ3v) is 8.63. The number of nitrogens with zero attached hydrogens (tertiary/aromatic N) is 6. The second-order valence-electron chi connectivity index (χ2n) is 11.5. The van der Waals surface area contributed by atoms with Crippen LogP contribution < -0.4 is 4.90 Å². The Hall–Kier alpha value is -5.06. The summed E-state index contributed by atoms with van der Waals surface area (Å²) in [6, 6.07) is 16.6. The molecule has 1 aliphatic carbocycles. The van der Waals surface area contributed by atoms with Gasteiger partial charge in [-0.25, -0.2) is 18.7 Å². The number of carbonyl (C=O) groups excluding carboxylic acids is 3. The van der Waals surface area contributed by atoms with Gasteiger partial charge in [0, 0.05) is 5.92 Å². The van der Waals surface area contributed by atoms with Gasteiger partial charge < -0.3 is 0 Å². The monoisotopic (exact) mass is 594 g/mol. The Morgan fingerprint density at radius 3 is 2.30 bits per heavy atom. The van der Waals surface area contributed by atoms with Crippen LogP contribution in [-0.4, -0.2) is 52.1 Å². The molecule has 0 radical (unpaired) electrons. The zero-order valence-electron chi connectivity index (χ0n) is 23.8. The van der Waals surface area contributed by atoms with Crippen LogP contribution in [0.1, 0.15) is 42.0 Å². The number of hydrogen-bond acceptors (Lipinski definition) is 7. The van der Waals surface area contributed by atoms with E-state index in [1.165, 1.54) is 34.3 Å². The highest BCUT2D eigenvalue weighted by Crippen LogP contribution is 2.45. The summed E-state index contributed by atoms with van der Waals surface area (Å²) in [7, 11) is 0. The maximum atomic E-state index is 14.0. The van der Waals surface area contributed by atoms with Crippen molar-refractivity contribution in [1.82, 2.24) is 10.0 Å². The van der Waals surface area contributed by atoms with Gasteiger partial charge >= 0.3 is 0 Å². The number of fused-ring (bicyclic) bond motifs is 2. The van der Waals surface area contributed by atoms with Gasteiger partial charge in [-0.3, -0.25) is 19.4 Å². The van der Waals surface area contributed by atoms with E-state index in [2.05, 4.69) is 10.3 Å². The zero-order chi connectivity index (χ0) is 30.5. The largest absolute Gasteiger partial charge is 0.271 e. The highest BCUT2D eigenvalue weighted by atomic mass is 19.1. The fourth-order valence-electron chi connectivity index (χ4n) is 6.47. The van der Waals surface area contributed by atoms with Crippen LogP contribution in [0, 0.1) is 24.5 Å². The van der Waals surface area contributed by atoms with Crippen molar-refractivity contribution in [3.63, 3.8) is 0 Å². The van der Waals surface area contributed by atoms with E-state index in [9.17, 15) is 23.2 Å². The number of imide groups is 1. The van der Waals surface area contributed by atoms with Crippen molar-refractivity contribution in [3.8, 4) is 0 Å². The van der Waals surface area contributed by atoms with Crippen LogP contribution in [0.3, 0.4) is 0 Å². The molecule has 3 aliphatic heterocycles. The van der Waals surface area contributed by atoms with Gasteiger partial charge in [0.05, 0.1) is 17.4 Å². The minimum atomic E-state index is -1.04. The van der Waals surface area contributed by atoms with Crippen molar-refractivity contribution in [2.45, 2.75) is 44.3 Å². The summed E-state index contributed by atoms with van der Waals surface area (Å²) in [6.45, 7) is 1.58. The summed E-state index contributed by atoms with van der Waals surface area (Å²) in [6.07, 6.45) is 4.31. The molecule has 0 aromatic heterocycles. The van der Waals surface area contributed by atoms with Crippen molar-refractivity contribution in [3.05, 3.63) is 107 Å². The number of amides is 3. The molecule has 4 atom stereocenters. The van der Waals surface area contributed by atoms with Crippen LogP contribution in [0.2, 0.25) is 0 Å². The standard InChI is InChI=1S/C33H28F2N6O3/c1-19-5-15-25(16-6-19)40-32(43)29-31(33(40)44)39(38-36-29)18-27(42)41-30(21-9-13-24(35)14-10-21)26-4-2-3-22(28(26)37-41)17-20-7-11-23(34)12-8-20/h5-17,26,29-31H,2-4,18H2,1H3/b22-17-/t26-,29+,30+,31-/m0/s1. The van der Waals surface area contributed by atoms with E-state index in [1.807, 2.05) is 25.1 Å². The highest BCUT2D eigenvalue weighted by molar-refractivity contribution is 6.25. The Balaban J connectivity index is 1.18. The van der Waals surface area contributed by atoms with E-state index in [0.29, 0.717) is 5.69 Å². The topological polar surface area (TPSA) is 98.0 Å². The van der Waals surface area contributed by atoms with Gasteiger partial charge in [0.25, 0.3) is 17.7 Å². The third-order valence-electron chi connectivity index (χ3n) is 8.63. The summed E-state index contributed by atoms with van der Waals surface area (Å²) < 4.78 is 27.4. The van der Waals surface area contributed by atoms with Gasteiger partial charge in [-0.15, -0.1) is 0 Å². The number of aryl methyl sites for hydroxylation is 1. The molecule has 1 saturated carbocycles. The normalized spacial score (nSPS) is 25.1. The first-order chi connectivity index (χ1) is 21.3. The lowest BCUT2D eigenvalue weighted by Crippen LogP contribution is -2.45. The fourth-order valence-corrected chi connectivity index (χ4v) is 6.47. The molecular formula is C33H28F2N6O3. The number of benzene rings is 3. The molecule has 11 heteroatoms. The van der Waals surface area contributed by atoms with Crippen molar-refractivity contribution >= 4 is 35.2 Å². The number of rotatable bonds is 5. The second kappa shape index (κ2) is 10.9. The number of hydrogen-bond donors (Lipinski definition) is 0. The van der Waals surface area contributed by atoms with Crippen molar-refractivity contribution in [1.29, 1.82) is 0 Å². The minimum absolute atomic E-state index is 0.149. The lowest BCUT2D eigenvalue weighted by atomic mass is 9.77. The molecule has 0 bridgehead atoms. The molecule has 3 amide bonds. The first-order valence-corrected chi connectivity index (χ1v) is 14.5. The molecule has 2 fully saturated rings. The summed E-state index contributed by atoms with van der Waals surface area (Å²) in [5.74, 6) is -2.29. The average Bonchev–Trinajstić information content (AvgIpc) is 3.69. The van der Waals surface area contributed by atoms with E-state index in [1.54, 1.807) is 36.4 Å². The lowest BCUT2D eigenvalue weighted by Gasteiger charge is -2.30. The average molecular weight is 595 g/mol. The van der Waals surface area contributed by atoms with Gasteiger partial charge in [0.1, 0.15) is 18.2 Å². The van der Waals surface area contributed by atoms with Gasteiger partial charge in [-0.2, -0.15) is 10.2 Å². The van der Waals surface area contributed by atoms with E-state index < -0.39 is 41.7 Å². The fraction of sp³-hybridized carbons (Fsp3) is 0.273. The Bertz CT molecular complexity index is 1740. The van der Waals surface area contributed by atoms with Crippen molar-refractivity contribution in [2.75, 3.05) is 11.4 Å². The summed E-state index contributed by atoms with van der Waals surface area (Å²) in [5, 5.41) is 15.6. The van der Waals surface area contributed by atoms with Gasteiger partial charge in [-0.05, 0) is 85.4 Å². The number of anilines is 1. The number of carbonyl (C=O) groups is 3. The predicted octanol–water partition coefficient (Wildman–Crippen LogP) is 5.39. The molecule has 3 aromatic rings. The lowest BCUT2D eigenvalue weighted by molar-refractivity contribution is -0.136. The van der Waals surface area contributed by atoms with Crippen molar-refractivity contribution < 1.29 is 23.2 Å². The molecule has 3 aromatic carbocycles. The molecule has 44 heavy (non-hydrogen) atoms. The maximum Gasteiger partial charge on any atom is 0.264 e. The molecule has 0 spiro atoms. The van der Waals surface area contributed by atoms with E-state index in [-0.39, 0.29) is 18.3 Å². The summed E-state index contributed by atoms with van der Waals surface area (Å²) in [4.78, 5) is 41.7. The number of allylic oxidation sites excluding steroid dienone is 1. The first-order valence-electron chi connectivity index (χ1n) is 14.5.